The number of aromatic nitrogens is 3. The van der Waals surface area contributed by atoms with Crippen LogP contribution in [0.5, 0.6) is 11.5 Å². The molecule has 12 heteroatoms. The van der Waals surface area contributed by atoms with Crippen molar-refractivity contribution in [1.29, 1.82) is 0 Å². The lowest BCUT2D eigenvalue weighted by atomic mass is 10.2. The summed E-state index contributed by atoms with van der Waals surface area (Å²) >= 11 is 4.80. The topological polar surface area (TPSA) is 84.7 Å². The third-order valence-corrected chi connectivity index (χ3v) is 4.23. The molecule has 0 atom stereocenters. The molecule has 0 radical (unpaired) electrons. The minimum Gasteiger partial charge on any atom is -0.490 e. The molecule has 30 heavy (non-hydrogen) atoms. The van der Waals surface area contributed by atoms with Crippen LogP contribution in [-0.4, -0.2) is 58.2 Å². The Morgan fingerprint density at radius 1 is 1.27 bits per heavy atom. The molecule has 1 N–H and O–H groups in total. The lowest BCUT2D eigenvalue weighted by Gasteiger charge is -2.19. The average Bonchev–Trinajstić information content (AvgIpc) is 3.07. The van der Waals surface area contributed by atoms with Crippen LogP contribution in [0.3, 0.4) is 0 Å². The van der Waals surface area contributed by atoms with Crippen molar-refractivity contribution in [3.8, 4) is 11.5 Å². The highest BCUT2D eigenvalue weighted by Crippen LogP contribution is 2.29. The standard InChI is InChI=1S/C18H22F3N5O3S/c1-4-25(5-2)15(27)11-29-13-8-7-12(9-14(13)28-6-3)10-22-26-16(18(19,20)21)23-24-17(26)30/h7-10H,4-6,11H2,1-3H3,(H,24,30)/b22-10-. The van der Waals surface area contributed by atoms with Crippen molar-refractivity contribution in [3.63, 3.8) is 0 Å². The van der Waals surface area contributed by atoms with E-state index in [1.165, 1.54) is 6.21 Å². The Morgan fingerprint density at radius 3 is 2.57 bits per heavy atom. The first-order valence-corrected chi connectivity index (χ1v) is 9.58. The number of hydrogen-bond donors (Lipinski definition) is 1. The summed E-state index contributed by atoms with van der Waals surface area (Å²) in [5.41, 5.74) is 0.442. The zero-order chi connectivity index (χ0) is 22.3. The molecule has 1 amide bonds. The number of carbonyl (C=O) groups excluding carboxylic acids is 1. The lowest BCUT2D eigenvalue weighted by molar-refractivity contribution is -0.147. The number of likely N-dealkylation sites (N-methyl/N-ethyl adjacent to an activating group) is 1. The number of carbonyl (C=O) groups is 1. The van der Waals surface area contributed by atoms with Crippen LogP contribution in [0.2, 0.25) is 0 Å². The van der Waals surface area contributed by atoms with Gasteiger partial charge in [0.2, 0.25) is 4.77 Å². The molecule has 0 bridgehead atoms. The first-order valence-electron chi connectivity index (χ1n) is 9.17. The highest BCUT2D eigenvalue weighted by atomic mass is 32.1. The van der Waals surface area contributed by atoms with Crippen molar-refractivity contribution in [2.24, 2.45) is 5.10 Å². The zero-order valence-electron chi connectivity index (χ0n) is 16.7. The third kappa shape index (κ3) is 5.81. The molecule has 0 saturated heterocycles. The Morgan fingerprint density at radius 2 is 1.97 bits per heavy atom. The number of aromatic amines is 1. The molecule has 2 aromatic rings. The Bertz CT molecular complexity index is 951. The molecular weight excluding hydrogens is 423 g/mol. The van der Waals surface area contributed by atoms with Crippen molar-refractivity contribution in [3.05, 3.63) is 34.4 Å². The molecule has 0 aliphatic carbocycles. The van der Waals surface area contributed by atoms with Gasteiger partial charge >= 0.3 is 6.18 Å². The van der Waals surface area contributed by atoms with Crippen LogP contribution in [0.15, 0.2) is 23.3 Å². The lowest BCUT2D eigenvalue weighted by Crippen LogP contribution is -2.34. The quantitative estimate of drug-likeness (QED) is 0.472. The maximum Gasteiger partial charge on any atom is 0.453 e. The van der Waals surface area contributed by atoms with Gasteiger partial charge in [-0.25, -0.2) is 5.10 Å². The number of rotatable bonds is 9. The SMILES string of the molecule is CCOc1cc(/C=N\n2c(C(F)(F)F)n[nH]c2=S)ccc1OCC(=O)N(CC)CC. The van der Waals surface area contributed by atoms with Gasteiger partial charge in [0.1, 0.15) is 0 Å². The van der Waals surface area contributed by atoms with Crippen molar-refractivity contribution in [2.75, 3.05) is 26.3 Å². The number of hydrogen-bond acceptors (Lipinski definition) is 6. The average molecular weight is 445 g/mol. The molecule has 0 unspecified atom stereocenters. The van der Waals surface area contributed by atoms with Gasteiger partial charge < -0.3 is 14.4 Å². The van der Waals surface area contributed by atoms with E-state index >= 15 is 0 Å². The Balaban J connectivity index is 2.23. The fourth-order valence-corrected chi connectivity index (χ4v) is 2.69. The van der Waals surface area contributed by atoms with E-state index in [1.807, 2.05) is 13.8 Å². The number of alkyl halides is 3. The number of amides is 1. The van der Waals surface area contributed by atoms with E-state index in [0.717, 1.165) is 0 Å². The smallest absolute Gasteiger partial charge is 0.453 e. The second-order valence-corrected chi connectivity index (χ2v) is 6.29. The third-order valence-electron chi connectivity index (χ3n) is 3.96. The number of nitrogens with zero attached hydrogens (tertiary/aromatic N) is 4. The number of H-pyrrole nitrogens is 1. The van der Waals surface area contributed by atoms with Crippen molar-refractivity contribution < 1.29 is 27.4 Å². The zero-order valence-corrected chi connectivity index (χ0v) is 17.5. The summed E-state index contributed by atoms with van der Waals surface area (Å²) in [5.74, 6) is -0.753. The van der Waals surface area contributed by atoms with Gasteiger partial charge in [-0.2, -0.15) is 22.9 Å². The molecular formula is C18H22F3N5O3S. The summed E-state index contributed by atoms with van der Waals surface area (Å²) in [4.78, 5) is 13.8. The fourth-order valence-electron chi connectivity index (χ4n) is 2.51. The van der Waals surface area contributed by atoms with Gasteiger partial charge in [-0.3, -0.25) is 4.79 Å². The van der Waals surface area contributed by atoms with E-state index in [9.17, 15) is 18.0 Å². The second kappa shape index (κ2) is 10.2. The fraction of sp³-hybridized carbons (Fsp3) is 0.444. The molecule has 164 valence electrons. The Kier molecular flexibility index (Phi) is 7.98. The highest BCUT2D eigenvalue weighted by molar-refractivity contribution is 7.71. The molecule has 1 aromatic heterocycles. The molecule has 0 spiro atoms. The maximum absolute atomic E-state index is 13.0. The first kappa shape index (κ1) is 23.4. The normalized spacial score (nSPS) is 11.7. The number of halogens is 3. The van der Waals surface area contributed by atoms with E-state index in [1.54, 1.807) is 30.0 Å². The summed E-state index contributed by atoms with van der Waals surface area (Å²) < 4.78 is 50.2. The van der Waals surface area contributed by atoms with Gasteiger partial charge in [0.05, 0.1) is 12.8 Å². The number of benzene rings is 1. The summed E-state index contributed by atoms with van der Waals surface area (Å²) in [6.07, 6.45) is -3.52. The number of ether oxygens (including phenoxy) is 2. The van der Waals surface area contributed by atoms with Crippen LogP contribution in [-0.2, 0) is 11.0 Å². The summed E-state index contributed by atoms with van der Waals surface area (Å²) in [6, 6.07) is 4.67. The van der Waals surface area contributed by atoms with Crippen LogP contribution >= 0.6 is 12.2 Å². The number of nitrogens with one attached hydrogen (secondary N) is 1. The molecule has 0 fully saturated rings. The van der Waals surface area contributed by atoms with E-state index in [2.05, 4.69) is 15.3 Å². The molecule has 1 heterocycles. The van der Waals surface area contributed by atoms with E-state index < -0.39 is 12.0 Å². The van der Waals surface area contributed by atoms with Crippen molar-refractivity contribution >= 4 is 24.3 Å². The molecule has 0 aliphatic heterocycles. The maximum atomic E-state index is 13.0. The van der Waals surface area contributed by atoms with E-state index in [4.69, 9.17) is 21.7 Å². The van der Waals surface area contributed by atoms with Gasteiger partial charge in [-0.1, -0.05) is 0 Å². The monoisotopic (exact) mass is 445 g/mol. The minimum absolute atomic E-state index is 0.158. The predicted octanol–water partition coefficient (Wildman–Crippen LogP) is 3.49. The molecule has 1 aromatic carbocycles. The van der Waals surface area contributed by atoms with Gasteiger partial charge in [-0.05, 0) is 56.8 Å². The Hall–Kier alpha value is -2.89. The summed E-state index contributed by atoms with van der Waals surface area (Å²) in [7, 11) is 0. The second-order valence-electron chi connectivity index (χ2n) is 5.90. The van der Waals surface area contributed by atoms with Crippen molar-refractivity contribution in [1.82, 2.24) is 19.8 Å². The van der Waals surface area contributed by atoms with E-state index in [0.29, 0.717) is 41.4 Å². The summed E-state index contributed by atoms with van der Waals surface area (Å²) in [6.45, 7) is 6.83. The molecule has 2 rings (SSSR count). The van der Waals surface area contributed by atoms with Crippen LogP contribution in [0, 0.1) is 4.77 Å². The highest BCUT2D eigenvalue weighted by Gasteiger charge is 2.37. The van der Waals surface area contributed by atoms with Crippen LogP contribution in [0.1, 0.15) is 32.2 Å². The first-order chi connectivity index (χ1) is 14.2. The van der Waals surface area contributed by atoms with Gasteiger partial charge in [0.15, 0.2) is 18.1 Å². The molecule has 0 saturated carbocycles. The Labute approximate surface area is 176 Å². The van der Waals surface area contributed by atoms with E-state index in [-0.39, 0.29) is 17.3 Å². The van der Waals surface area contributed by atoms with Crippen molar-refractivity contribution in [2.45, 2.75) is 26.9 Å². The van der Waals surface area contributed by atoms with Gasteiger partial charge in [0, 0.05) is 13.1 Å². The molecule has 8 nitrogen and oxygen atoms in total. The van der Waals surface area contributed by atoms with Gasteiger partial charge in [0.25, 0.3) is 11.7 Å². The van der Waals surface area contributed by atoms with Crippen LogP contribution in [0.25, 0.3) is 0 Å². The predicted molar refractivity (Wildman–Crippen MR) is 106 cm³/mol. The minimum atomic E-state index is -4.71. The summed E-state index contributed by atoms with van der Waals surface area (Å²) in [5, 5.41) is 8.99. The van der Waals surface area contributed by atoms with Crippen LogP contribution in [0.4, 0.5) is 13.2 Å². The van der Waals surface area contributed by atoms with Crippen LogP contribution < -0.4 is 9.47 Å². The van der Waals surface area contributed by atoms with Gasteiger partial charge in [-0.15, -0.1) is 5.10 Å². The largest absolute Gasteiger partial charge is 0.490 e. The molecule has 0 aliphatic rings.